The van der Waals surface area contributed by atoms with Crippen molar-refractivity contribution in [3.63, 3.8) is 0 Å². The normalized spacial score (nSPS) is 10.3. The van der Waals surface area contributed by atoms with Gasteiger partial charge in [0.2, 0.25) is 5.88 Å². The zero-order valence-electron chi connectivity index (χ0n) is 13.3. The van der Waals surface area contributed by atoms with E-state index in [2.05, 4.69) is 9.69 Å². The highest BCUT2D eigenvalue weighted by molar-refractivity contribution is 7.11. The molecule has 0 fully saturated rings. The Balaban J connectivity index is 1.75. The van der Waals surface area contributed by atoms with E-state index in [1.165, 1.54) is 7.05 Å². The van der Waals surface area contributed by atoms with Crippen LogP contribution in [0.4, 0.5) is 10.7 Å². The molecule has 128 valence electrons. The number of hydrogen-bond acceptors (Lipinski definition) is 7. The molecule has 25 heavy (non-hydrogen) atoms. The van der Waals surface area contributed by atoms with Gasteiger partial charge in [-0.3, -0.25) is 10.6 Å². The first kappa shape index (κ1) is 16.7. The van der Waals surface area contributed by atoms with Crippen molar-refractivity contribution in [2.75, 3.05) is 12.4 Å². The molecule has 0 spiro atoms. The van der Waals surface area contributed by atoms with Gasteiger partial charge in [0, 0.05) is 12.7 Å². The second-order valence-corrected chi connectivity index (χ2v) is 5.92. The van der Waals surface area contributed by atoms with Gasteiger partial charge < -0.3 is 15.2 Å². The molecular formula is C17H16N4O3S. The maximum Gasteiger partial charge on any atom is 0.236 e. The van der Waals surface area contributed by atoms with Crippen LogP contribution in [-0.4, -0.2) is 32.6 Å². The minimum Gasteiger partial charge on any atom is -0.492 e. The molecular weight excluding hydrogens is 340 g/mol. The van der Waals surface area contributed by atoms with Crippen molar-refractivity contribution in [3.8, 4) is 17.4 Å². The molecule has 2 aromatic carbocycles. The van der Waals surface area contributed by atoms with Crippen LogP contribution in [0.2, 0.25) is 0 Å². The van der Waals surface area contributed by atoms with Gasteiger partial charge in [-0.15, -0.1) is 0 Å². The summed E-state index contributed by atoms with van der Waals surface area (Å²) in [5.41, 5.74) is 0.873. The standard InChI is InChI=1S/C17H16N4O3S/c1-21(23)15(18)14-16(22)20-25-17(14)19-11-7-9-13(10-8-11)24-12-5-3-2-4-6-12/h2-10,18-19,23H,1H3,(H,20,22). The lowest BCUT2D eigenvalue weighted by Gasteiger charge is -2.13. The van der Waals surface area contributed by atoms with Gasteiger partial charge in [-0.25, -0.2) is 5.06 Å². The van der Waals surface area contributed by atoms with Crippen LogP contribution in [0.3, 0.4) is 0 Å². The van der Waals surface area contributed by atoms with Crippen LogP contribution < -0.4 is 10.1 Å². The first-order valence-corrected chi connectivity index (χ1v) is 8.12. The van der Waals surface area contributed by atoms with Crippen LogP contribution >= 0.6 is 11.5 Å². The van der Waals surface area contributed by atoms with Crippen molar-refractivity contribution in [1.29, 1.82) is 5.41 Å². The Hall–Kier alpha value is -3.10. The number of nitrogens with zero attached hydrogens (tertiary/aromatic N) is 2. The lowest BCUT2D eigenvalue weighted by molar-refractivity contribution is 0.0132. The van der Waals surface area contributed by atoms with E-state index in [-0.39, 0.29) is 17.3 Å². The maximum atomic E-state index is 9.80. The van der Waals surface area contributed by atoms with Gasteiger partial charge in [-0.05, 0) is 47.9 Å². The molecule has 0 aliphatic rings. The Morgan fingerprint density at radius 2 is 1.76 bits per heavy atom. The van der Waals surface area contributed by atoms with E-state index in [0.29, 0.717) is 15.8 Å². The summed E-state index contributed by atoms with van der Waals surface area (Å²) in [6.07, 6.45) is 0. The van der Waals surface area contributed by atoms with Crippen LogP contribution in [0.5, 0.6) is 17.4 Å². The Labute approximate surface area is 148 Å². The summed E-state index contributed by atoms with van der Waals surface area (Å²) in [5.74, 6) is 0.879. The molecule has 1 aromatic heterocycles. The number of hydrogen-bond donors (Lipinski definition) is 4. The highest BCUT2D eigenvalue weighted by atomic mass is 32.1. The highest BCUT2D eigenvalue weighted by Crippen LogP contribution is 2.33. The summed E-state index contributed by atoms with van der Waals surface area (Å²) >= 11 is 1.00. The summed E-state index contributed by atoms with van der Waals surface area (Å²) in [6.45, 7) is 0. The van der Waals surface area contributed by atoms with Crippen LogP contribution in [0.25, 0.3) is 0 Å². The number of rotatable bonds is 5. The summed E-state index contributed by atoms with van der Waals surface area (Å²) in [4.78, 5) is 0. The number of nitrogens with one attached hydrogen (secondary N) is 2. The lowest BCUT2D eigenvalue weighted by Crippen LogP contribution is -2.22. The summed E-state index contributed by atoms with van der Waals surface area (Å²) < 4.78 is 9.55. The van der Waals surface area contributed by atoms with Gasteiger partial charge in [0.1, 0.15) is 22.1 Å². The molecule has 0 saturated heterocycles. The zero-order valence-corrected chi connectivity index (χ0v) is 14.1. The van der Waals surface area contributed by atoms with Crippen LogP contribution in [0.1, 0.15) is 5.56 Å². The molecule has 0 saturated carbocycles. The molecule has 4 N–H and O–H groups in total. The molecule has 3 aromatic rings. The second kappa shape index (κ2) is 7.20. The molecule has 3 rings (SSSR count). The SMILES string of the molecule is CN(O)C(=N)c1c(O)nsc1Nc1ccc(Oc2ccccc2)cc1. The Morgan fingerprint density at radius 3 is 2.40 bits per heavy atom. The van der Waals surface area contributed by atoms with Crippen LogP contribution in [0.15, 0.2) is 54.6 Å². The average molecular weight is 356 g/mol. The first-order chi connectivity index (χ1) is 12.0. The minimum atomic E-state index is -0.303. The quantitative estimate of drug-likeness (QED) is 0.313. The number of hydroxylamine groups is 2. The number of aromatic nitrogens is 1. The topological polar surface area (TPSA) is 102 Å². The average Bonchev–Trinajstić information content (AvgIpc) is 2.97. The third kappa shape index (κ3) is 3.87. The van der Waals surface area contributed by atoms with E-state index in [1.807, 2.05) is 42.5 Å². The van der Waals surface area contributed by atoms with E-state index >= 15 is 0 Å². The van der Waals surface area contributed by atoms with E-state index in [0.717, 1.165) is 23.0 Å². The third-order valence-electron chi connectivity index (χ3n) is 3.33. The predicted octanol–water partition coefficient (Wildman–Crippen LogP) is 4.03. The fourth-order valence-corrected chi connectivity index (χ4v) is 2.82. The second-order valence-electron chi connectivity index (χ2n) is 5.15. The van der Waals surface area contributed by atoms with Gasteiger partial charge in [-0.1, -0.05) is 18.2 Å². The fraction of sp³-hybridized carbons (Fsp3) is 0.0588. The molecule has 0 amide bonds. The highest BCUT2D eigenvalue weighted by Gasteiger charge is 2.20. The smallest absolute Gasteiger partial charge is 0.236 e. The first-order valence-electron chi connectivity index (χ1n) is 7.35. The summed E-state index contributed by atoms with van der Waals surface area (Å²) in [6, 6.07) is 16.7. The fourth-order valence-electron chi connectivity index (χ4n) is 2.10. The van der Waals surface area contributed by atoms with Gasteiger partial charge in [0.25, 0.3) is 0 Å². The maximum absolute atomic E-state index is 9.80. The molecule has 0 unspecified atom stereocenters. The van der Waals surface area contributed by atoms with Crippen molar-refractivity contribution in [2.24, 2.45) is 0 Å². The van der Waals surface area contributed by atoms with Gasteiger partial charge in [0.05, 0.1) is 0 Å². The minimum absolute atomic E-state index is 0.139. The number of benzene rings is 2. The number of anilines is 2. The number of aromatic hydroxyl groups is 1. The molecule has 0 aliphatic carbocycles. The molecule has 7 nitrogen and oxygen atoms in total. The van der Waals surface area contributed by atoms with Crippen molar-refractivity contribution in [3.05, 3.63) is 60.2 Å². The van der Waals surface area contributed by atoms with E-state index in [9.17, 15) is 10.3 Å². The van der Waals surface area contributed by atoms with Gasteiger partial charge in [-0.2, -0.15) is 4.37 Å². The third-order valence-corrected chi connectivity index (χ3v) is 4.08. The van der Waals surface area contributed by atoms with Crippen LogP contribution in [-0.2, 0) is 0 Å². The largest absolute Gasteiger partial charge is 0.492 e. The zero-order chi connectivity index (χ0) is 17.8. The molecule has 0 aliphatic heterocycles. The molecule has 8 heteroatoms. The van der Waals surface area contributed by atoms with Gasteiger partial charge in [0.15, 0.2) is 5.84 Å². The Bertz CT molecular complexity index is 863. The number of para-hydroxylation sites is 1. The van der Waals surface area contributed by atoms with Crippen molar-refractivity contribution >= 4 is 28.1 Å². The number of ether oxygens (including phenoxy) is 1. The predicted molar refractivity (Wildman–Crippen MR) is 96.4 cm³/mol. The monoisotopic (exact) mass is 356 g/mol. The molecule has 1 heterocycles. The van der Waals surface area contributed by atoms with E-state index < -0.39 is 0 Å². The Kier molecular flexibility index (Phi) is 4.82. The number of amidine groups is 1. The van der Waals surface area contributed by atoms with Crippen molar-refractivity contribution in [1.82, 2.24) is 9.44 Å². The molecule has 0 radical (unpaired) electrons. The van der Waals surface area contributed by atoms with Crippen molar-refractivity contribution in [2.45, 2.75) is 0 Å². The van der Waals surface area contributed by atoms with Crippen LogP contribution in [0, 0.1) is 5.41 Å². The van der Waals surface area contributed by atoms with Crippen molar-refractivity contribution < 1.29 is 15.1 Å². The Morgan fingerprint density at radius 1 is 1.12 bits per heavy atom. The summed E-state index contributed by atoms with van der Waals surface area (Å²) in [7, 11) is 1.30. The summed E-state index contributed by atoms with van der Waals surface area (Å²) in [5, 5.41) is 31.2. The molecule has 0 atom stereocenters. The molecule has 0 bridgehead atoms. The lowest BCUT2D eigenvalue weighted by atomic mass is 10.2. The van der Waals surface area contributed by atoms with E-state index in [1.54, 1.807) is 12.1 Å². The van der Waals surface area contributed by atoms with Gasteiger partial charge >= 0.3 is 0 Å². The van der Waals surface area contributed by atoms with E-state index in [4.69, 9.17) is 10.1 Å².